The normalized spacial score (nSPS) is 12.4. The second kappa shape index (κ2) is 11.4. The maximum Gasteiger partial charge on any atom is 0.220 e. The van der Waals surface area contributed by atoms with Crippen molar-refractivity contribution in [1.82, 2.24) is 5.32 Å². The molecule has 0 aromatic heterocycles. The fourth-order valence-electron chi connectivity index (χ4n) is 3.89. The number of hydrogen-bond donors (Lipinski definition) is 1. The summed E-state index contributed by atoms with van der Waals surface area (Å²) in [5, 5.41) is 3.00. The molecule has 1 heterocycles. The maximum absolute atomic E-state index is 12.3. The zero-order chi connectivity index (χ0) is 22.9. The van der Waals surface area contributed by atoms with Gasteiger partial charge in [-0.1, -0.05) is 6.07 Å². The van der Waals surface area contributed by atoms with Crippen LogP contribution in [0.2, 0.25) is 0 Å². The van der Waals surface area contributed by atoms with Crippen molar-refractivity contribution in [3.05, 3.63) is 47.0 Å². The average molecular weight is 441 g/mol. The highest BCUT2D eigenvalue weighted by Gasteiger charge is 2.18. The number of carbonyl (C=O) groups is 1. The van der Waals surface area contributed by atoms with Gasteiger partial charge in [0.1, 0.15) is 0 Å². The van der Waals surface area contributed by atoms with Crippen molar-refractivity contribution in [3.63, 3.8) is 0 Å². The molecule has 1 aliphatic rings. The lowest BCUT2D eigenvalue weighted by Gasteiger charge is -2.19. The van der Waals surface area contributed by atoms with Crippen molar-refractivity contribution < 1.29 is 23.7 Å². The van der Waals surface area contributed by atoms with E-state index in [1.54, 1.807) is 28.4 Å². The molecule has 1 aliphatic heterocycles. The second-order valence-electron chi connectivity index (χ2n) is 7.59. The van der Waals surface area contributed by atoms with Crippen molar-refractivity contribution in [2.24, 2.45) is 4.99 Å². The third kappa shape index (κ3) is 5.72. The molecule has 0 spiro atoms. The first-order valence-electron chi connectivity index (χ1n) is 10.9. The number of nitrogens with one attached hydrogen (secondary N) is 1. The van der Waals surface area contributed by atoms with E-state index in [0.717, 1.165) is 54.8 Å². The third-order valence-electron chi connectivity index (χ3n) is 5.61. The number of rotatable bonds is 11. The lowest BCUT2D eigenvalue weighted by atomic mass is 9.94. The van der Waals surface area contributed by atoms with Crippen LogP contribution in [0.1, 0.15) is 36.0 Å². The molecule has 7 heteroatoms. The molecule has 0 bridgehead atoms. The van der Waals surface area contributed by atoms with E-state index in [0.29, 0.717) is 30.2 Å². The number of benzene rings is 2. The molecule has 0 atom stereocenters. The Hall–Kier alpha value is -3.22. The molecule has 0 radical (unpaired) electrons. The minimum atomic E-state index is 0.0504. The Labute approximate surface area is 189 Å². The van der Waals surface area contributed by atoms with Gasteiger partial charge in [0.2, 0.25) is 5.91 Å². The Morgan fingerprint density at radius 2 is 1.59 bits per heavy atom. The number of fused-ring (bicyclic) bond motifs is 1. The van der Waals surface area contributed by atoms with Gasteiger partial charge in [0.05, 0.1) is 28.4 Å². The first kappa shape index (κ1) is 23.4. The molecule has 2 aromatic rings. The zero-order valence-corrected chi connectivity index (χ0v) is 19.3. The third-order valence-corrected chi connectivity index (χ3v) is 5.61. The van der Waals surface area contributed by atoms with Crippen molar-refractivity contribution in [3.8, 4) is 23.0 Å². The van der Waals surface area contributed by atoms with E-state index in [-0.39, 0.29) is 5.91 Å². The summed E-state index contributed by atoms with van der Waals surface area (Å²) in [7, 11) is 6.51. The molecule has 0 fully saturated rings. The van der Waals surface area contributed by atoms with Gasteiger partial charge < -0.3 is 24.3 Å². The van der Waals surface area contributed by atoms with E-state index in [1.165, 1.54) is 5.56 Å². The molecule has 7 nitrogen and oxygen atoms in total. The molecule has 1 amide bonds. The van der Waals surface area contributed by atoms with Gasteiger partial charge in [0.15, 0.2) is 23.0 Å². The molecule has 172 valence electrons. The van der Waals surface area contributed by atoms with E-state index in [9.17, 15) is 4.79 Å². The van der Waals surface area contributed by atoms with Crippen LogP contribution in [0.4, 0.5) is 0 Å². The van der Waals surface area contributed by atoms with E-state index in [2.05, 4.69) is 5.32 Å². The predicted octanol–water partition coefficient (Wildman–Crippen LogP) is 3.60. The number of carbonyl (C=O) groups excluding carboxylic acids is 1. The first-order chi connectivity index (χ1) is 15.6. The van der Waals surface area contributed by atoms with Crippen LogP contribution in [-0.4, -0.2) is 53.1 Å². The molecule has 0 saturated heterocycles. The molecule has 2 aromatic carbocycles. The summed E-state index contributed by atoms with van der Waals surface area (Å²) in [5.74, 6) is 2.88. The highest BCUT2D eigenvalue weighted by Crippen LogP contribution is 2.33. The summed E-state index contributed by atoms with van der Waals surface area (Å²) in [6.07, 6.45) is 3.58. The van der Waals surface area contributed by atoms with Crippen LogP contribution in [0.3, 0.4) is 0 Å². The highest BCUT2D eigenvalue weighted by molar-refractivity contribution is 6.03. The Morgan fingerprint density at radius 3 is 2.31 bits per heavy atom. The largest absolute Gasteiger partial charge is 0.493 e. The zero-order valence-electron chi connectivity index (χ0n) is 19.3. The predicted molar refractivity (Wildman–Crippen MR) is 125 cm³/mol. The van der Waals surface area contributed by atoms with Gasteiger partial charge in [-0.15, -0.1) is 0 Å². The molecule has 0 aliphatic carbocycles. The molecule has 1 N–H and O–H groups in total. The van der Waals surface area contributed by atoms with Crippen LogP contribution in [-0.2, 0) is 17.6 Å². The van der Waals surface area contributed by atoms with Crippen LogP contribution < -0.4 is 24.3 Å². The van der Waals surface area contributed by atoms with Crippen molar-refractivity contribution >= 4 is 11.6 Å². The topological polar surface area (TPSA) is 78.4 Å². The number of aliphatic imine (C=N–C) groups is 1. The Kier molecular flexibility index (Phi) is 8.36. The van der Waals surface area contributed by atoms with Gasteiger partial charge in [0.25, 0.3) is 0 Å². The summed E-state index contributed by atoms with van der Waals surface area (Å²) in [5.41, 5.74) is 4.43. The Morgan fingerprint density at radius 1 is 0.906 bits per heavy atom. The molecular formula is C25H32N2O5. The van der Waals surface area contributed by atoms with Gasteiger partial charge >= 0.3 is 0 Å². The number of methoxy groups -OCH3 is 4. The molecule has 32 heavy (non-hydrogen) atoms. The molecule has 0 saturated carbocycles. The van der Waals surface area contributed by atoms with Crippen LogP contribution in [0.25, 0.3) is 0 Å². The monoisotopic (exact) mass is 440 g/mol. The summed E-state index contributed by atoms with van der Waals surface area (Å²) < 4.78 is 21.4. The minimum Gasteiger partial charge on any atom is -0.493 e. The second-order valence-corrected chi connectivity index (χ2v) is 7.59. The number of ether oxygens (including phenoxy) is 4. The van der Waals surface area contributed by atoms with Crippen molar-refractivity contribution in [1.29, 1.82) is 0 Å². The fraction of sp³-hybridized carbons (Fsp3) is 0.440. The molecule has 0 unspecified atom stereocenters. The van der Waals surface area contributed by atoms with E-state index < -0.39 is 0 Å². The van der Waals surface area contributed by atoms with Gasteiger partial charge in [-0.25, -0.2) is 0 Å². The quantitative estimate of drug-likeness (QED) is 0.578. The van der Waals surface area contributed by atoms with Crippen LogP contribution in [0.5, 0.6) is 23.0 Å². The maximum atomic E-state index is 12.3. The van der Waals surface area contributed by atoms with Crippen LogP contribution in [0.15, 0.2) is 35.3 Å². The SMILES string of the molecule is COc1ccc(CCNC(=O)CCCC2=NCCc3cc(OC)c(OC)cc32)cc1OC. The van der Waals surface area contributed by atoms with Gasteiger partial charge in [0, 0.05) is 30.8 Å². The van der Waals surface area contributed by atoms with Crippen molar-refractivity contribution in [2.45, 2.75) is 32.1 Å². The summed E-state index contributed by atoms with van der Waals surface area (Å²) >= 11 is 0. The summed E-state index contributed by atoms with van der Waals surface area (Å²) in [4.78, 5) is 17.0. The lowest BCUT2D eigenvalue weighted by Crippen LogP contribution is -2.25. The van der Waals surface area contributed by atoms with Crippen LogP contribution in [0, 0.1) is 0 Å². The molecule has 3 rings (SSSR count). The summed E-state index contributed by atoms with van der Waals surface area (Å²) in [6, 6.07) is 9.82. The summed E-state index contributed by atoms with van der Waals surface area (Å²) in [6.45, 7) is 1.34. The van der Waals surface area contributed by atoms with Gasteiger partial charge in [-0.05, 0) is 61.1 Å². The number of amides is 1. The standard InChI is InChI=1S/C25H32N2O5/c1-29-21-9-8-17(14-22(21)30-2)10-12-27-25(28)7-5-6-20-19-16-24(32-4)23(31-3)15-18(19)11-13-26-20/h8-9,14-16H,5-7,10-13H2,1-4H3,(H,27,28). The highest BCUT2D eigenvalue weighted by atomic mass is 16.5. The Balaban J connectivity index is 1.47. The smallest absolute Gasteiger partial charge is 0.220 e. The Bertz CT molecular complexity index is 971. The lowest BCUT2D eigenvalue weighted by molar-refractivity contribution is -0.121. The van der Waals surface area contributed by atoms with E-state index in [4.69, 9.17) is 23.9 Å². The fourth-order valence-corrected chi connectivity index (χ4v) is 3.89. The molecular weight excluding hydrogens is 408 g/mol. The van der Waals surface area contributed by atoms with Crippen molar-refractivity contribution in [2.75, 3.05) is 41.5 Å². The van der Waals surface area contributed by atoms with Gasteiger partial charge in [-0.2, -0.15) is 0 Å². The first-order valence-corrected chi connectivity index (χ1v) is 10.9. The van der Waals surface area contributed by atoms with Gasteiger partial charge in [-0.3, -0.25) is 9.79 Å². The number of nitrogens with zero attached hydrogens (tertiary/aromatic N) is 1. The van der Waals surface area contributed by atoms with Crippen LogP contribution >= 0.6 is 0 Å². The van der Waals surface area contributed by atoms with E-state index in [1.807, 2.05) is 30.3 Å². The minimum absolute atomic E-state index is 0.0504. The average Bonchev–Trinajstić information content (AvgIpc) is 2.83. The van der Waals surface area contributed by atoms with E-state index >= 15 is 0 Å². The number of hydrogen-bond acceptors (Lipinski definition) is 6.